The number of aryl methyl sites for hydroxylation is 1. The second-order valence-corrected chi connectivity index (χ2v) is 7.79. The topological polar surface area (TPSA) is 78.5 Å². The van der Waals surface area contributed by atoms with E-state index in [1.54, 1.807) is 29.2 Å². The Bertz CT molecular complexity index is 908. The fourth-order valence-corrected chi connectivity index (χ4v) is 4.14. The van der Waals surface area contributed by atoms with Crippen LogP contribution in [0.3, 0.4) is 0 Å². The van der Waals surface area contributed by atoms with Crippen LogP contribution >= 0.6 is 0 Å². The number of carbonyl (C=O) groups excluding carboxylic acids is 1. The van der Waals surface area contributed by atoms with Crippen LogP contribution in [0.4, 0.5) is 10.1 Å². The first kappa shape index (κ1) is 18.3. The van der Waals surface area contributed by atoms with Crippen LogP contribution in [0, 0.1) is 12.7 Å². The number of nitrogens with one attached hydrogen (secondary N) is 2. The maximum Gasteiger partial charge on any atom is 0.262 e. The van der Waals surface area contributed by atoms with Gasteiger partial charge in [0.15, 0.2) is 0 Å². The Balaban J connectivity index is 1.75. The van der Waals surface area contributed by atoms with Gasteiger partial charge < -0.3 is 10.2 Å². The van der Waals surface area contributed by atoms with E-state index in [1.165, 1.54) is 19.1 Å². The molecule has 1 heterocycles. The monoisotopic (exact) mass is 377 g/mol. The third-order valence-electron chi connectivity index (χ3n) is 4.21. The standard InChI is InChI=1S/C18H20FN3O3S/c1-13-12-15(19)4-7-17(13)26(24,25)21-16-5-2-14(3-6-16)18(23)22-10-8-20-9-11-22/h2-7,12,20-21H,8-11H2,1H3. The molecule has 26 heavy (non-hydrogen) atoms. The largest absolute Gasteiger partial charge is 0.336 e. The molecule has 1 saturated heterocycles. The lowest BCUT2D eigenvalue weighted by Gasteiger charge is -2.27. The van der Waals surface area contributed by atoms with E-state index >= 15 is 0 Å². The van der Waals surface area contributed by atoms with Crippen molar-refractivity contribution < 1.29 is 17.6 Å². The van der Waals surface area contributed by atoms with Crippen LogP contribution in [-0.2, 0) is 10.0 Å². The lowest BCUT2D eigenvalue weighted by Crippen LogP contribution is -2.46. The molecule has 1 amide bonds. The predicted octanol–water partition coefficient (Wildman–Crippen LogP) is 1.98. The average Bonchev–Trinajstić information content (AvgIpc) is 2.62. The van der Waals surface area contributed by atoms with E-state index in [9.17, 15) is 17.6 Å². The molecule has 3 rings (SSSR count). The van der Waals surface area contributed by atoms with Gasteiger partial charge in [-0.05, 0) is 55.0 Å². The van der Waals surface area contributed by atoms with Crippen LogP contribution < -0.4 is 10.0 Å². The van der Waals surface area contributed by atoms with Crippen molar-refractivity contribution in [1.82, 2.24) is 10.2 Å². The molecule has 0 aromatic heterocycles. The molecule has 1 fully saturated rings. The Morgan fingerprint density at radius 2 is 1.77 bits per heavy atom. The second-order valence-electron chi connectivity index (χ2n) is 6.13. The fourth-order valence-electron chi connectivity index (χ4n) is 2.86. The first-order valence-corrected chi connectivity index (χ1v) is 9.74. The number of piperazine rings is 1. The van der Waals surface area contributed by atoms with Crippen molar-refractivity contribution in [3.05, 3.63) is 59.4 Å². The van der Waals surface area contributed by atoms with E-state index in [2.05, 4.69) is 10.0 Å². The number of hydrogen-bond donors (Lipinski definition) is 2. The van der Waals surface area contributed by atoms with Gasteiger partial charge in [-0.15, -0.1) is 0 Å². The van der Waals surface area contributed by atoms with E-state index in [1.807, 2.05) is 0 Å². The van der Waals surface area contributed by atoms with E-state index in [0.717, 1.165) is 19.2 Å². The molecule has 0 unspecified atom stereocenters. The van der Waals surface area contributed by atoms with E-state index < -0.39 is 15.8 Å². The Morgan fingerprint density at radius 3 is 2.38 bits per heavy atom. The van der Waals surface area contributed by atoms with Crippen LogP contribution in [0.2, 0.25) is 0 Å². The van der Waals surface area contributed by atoms with Gasteiger partial charge in [-0.3, -0.25) is 9.52 Å². The zero-order chi connectivity index (χ0) is 18.7. The van der Waals surface area contributed by atoms with Crippen molar-refractivity contribution in [2.45, 2.75) is 11.8 Å². The van der Waals surface area contributed by atoms with E-state index in [0.29, 0.717) is 29.9 Å². The van der Waals surface area contributed by atoms with Gasteiger partial charge in [0.1, 0.15) is 5.82 Å². The molecule has 0 saturated carbocycles. The van der Waals surface area contributed by atoms with Crippen LogP contribution in [0.5, 0.6) is 0 Å². The van der Waals surface area contributed by atoms with Gasteiger partial charge in [-0.25, -0.2) is 12.8 Å². The minimum absolute atomic E-state index is 0.0138. The minimum atomic E-state index is -3.83. The Morgan fingerprint density at radius 1 is 1.12 bits per heavy atom. The molecule has 0 spiro atoms. The number of sulfonamides is 1. The first-order valence-electron chi connectivity index (χ1n) is 8.26. The van der Waals surface area contributed by atoms with Gasteiger partial charge in [0.05, 0.1) is 4.90 Å². The lowest BCUT2D eigenvalue weighted by molar-refractivity contribution is 0.0736. The van der Waals surface area contributed by atoms with E-state index in [-0.39, 0.29) is 10.8 Å². The van der Waals surface area contributed by atoms with Crippen molar-refractivity contribution in [1.29, 1.82) is 0 Å². The summed E-state index contributed by atoms with van der Waals surface area (Å²) in [6.07, 6.45) is 0. The number of rotatable bonds is 4. The molecule has 1 aliphatic rings. The number of amides is 1. The molecule has 8 heteroatoms. The fraction of sp³-hybridized carbons (Fsp3) is 0.278. The SMILES string of the molecule is Cc1cc(F)ccc1S(=O)(=O)Nc1ccc(C(=O)N2CCNCC2)cc1. The summed E-state index contributed by atoms with van der Waals surface area (Å²) in [7, 11) is -3.83. The molecule has 2 aromatic carbocycles. The van der Waals surface area contributed by atoms with E-state index in [4.69, 9.17) is 0 Å². The molecule has 0 bridgehead atoms. The third-order valence-corrected chi connectivity index (χ3v) is 5.76. The molecule has 2 aromatic rings. The Labute approximate surface area is 152 Å². The van der Waals surface area contributed by atoms with Crippen molar-refractivity contribution in [3.8, 4) is 0 Å². The molecule has 0 radical (unpaired) electrons. The zero-order valence-corrected chi connectivity index (χ0v) is 15.1. The lowest BCUT2D eigenvalue weighted by atomic mass is 10.1. The van der Waals surface area contributed by atoms with Crippen LogP contribution in [-0.4, -0.2) is 45.4 Å². The van der Waals surface area contributed by atoms with Gasteiger partial charge in [0.25, 0.3) is 15.9 Å². The van der Waals surface area contributed by atoms with Crippen molar-refractivity contribution >= 4 is 21.6 Å². The van der Waals surface area contributed by atoms with Gasteiger partial charge in [-0.2, -0.15) is 0 Å². The highest BCUT2D eigenvalue weighted by Gasteiger charge is 2.19. The summed E-state index contributed by atoms with van der Waals surface area (Å²) in [4.78, 5) is 14.2. The quantitative estimate of drug-likeness (QED) is 0.854. The maximum absolute atomic E-state index is 13.2. The molecule has 2 N–H and O–H groups in total. The highest BCUT2D eigenvalue weighted by Crippen LogP contribution is 2.21. The number of nitrogens with zero attached hydrogens (tertiary/aromatic N) is 1. The molecule has 6 nitrogen and oxygen atoms in total. The first-order chi connectivity index (χ1) is 12.4. The van der Waals surface area contributed by atoms with Crippen molar-refractivity contribution in [2.75, 3.05) is 30.9 Å². The molecular formula is C18H20FN3O3S. The molecule has 138 valence electrons. The molecular weight excluding hydrogens is 357 g/mol. The highest BCUT2D eigenvalue weighted by molar-refractivity contribution is 7.92. The van der Waals surface area contributed by atoms with Crippen LogP contribution in [0.25, 0.3) is 0 Å². The van der Waals surface area contributed by atoms with Crippen LogP contribution in [0.15, 0.2) is 47.4 Å². The third kappa shape index (κ3) is 4.03. The normalized spacial score (nSPS) is 14.9. The smallest absolute Gasteiger partial charge is 0.262 e. The molecule has 1 aliphatic heterocycles. The van der Waals surface area contributed by atoms with Gasteiger partial charge in [0.2, 0.25) is 0 Å². The average molecular weight is 377 g/mol. The summed E-state index contributed by atoms with van der Waals surface area (Å²) in [6, 6.07) is 9.80. The Kier molecular flexibility index (Phi) is 5.24. The molecule has 0 aliphatic carbocycles. The zero-order valence-electron chi connectivity index (χ0n) is 14.3. The number of halogens is 1. The predicted molar refractivity (Wildman–Crippen MR) is 97.2 cm³/mol. The summed E-state index contributed by atoms with van der Waals surface area (Å²) in [5.41, 5.74) is 1.17. The summed E-state index contributed by atoms with van der Waals surface area (Å²) < 4.78 is 40.6. The summed E-state index contributed by atoms with van der Waals surface area (Å²) in [5, 5.41) is 3.19. The summed E-state index contributed by atoms with van der Waals surface area (Å²) >= 11 is 0. The van der Waals surface area contributed by atoms with Crippen molar-refractivity contribution in [2.24, 2.45) is 0 Å². The van der Waals surface area contributed by atoms with Crippen LogP contribution in [0.1, 0.15) is 15.9 Å². The summed E-state index contributed by atoms with van der Waals surface area (Å²) in [6.45, 7) is 4.36. The number of anilines is 1. The maximum atomic E-state index is 13.2. The minimum Gasteiger partial charge on any atom is -0.336 e. The Hall–Kier alpha value is -2.45. The number of benzene rings is 2. The van der Waals surface area contributed by atoms with Gasteiger partial charge in [0, 0.05) is 37.4 Å². The van der Waals surface area contributed by atoms with Gasteiger partial charge in [-0.1, -0.05) is 0 Å². The number of carbonyl (C=O) groups is 1. The van der Waals surface area contributed by atoms with Gasteiger partial charge >= 0.3 is 0 Å². The number of hydrogen-bond acceptors (Lipinski definition) is 4. The second kappa shape index (κ2) is 7.43. The highest BCUT2D eigenvalue weighted by atomic mass is 32.2. The molecule has 0 atom stereocenters. The van der Waals surface area contributed by atoms with Crippen molar-refractivity contribution in [3.63, 3.8) is 0 Å². The summed E-state index contributed by atoms with van der Waals surface area (Å²) in [5.74, 6) is -0.562.